The molecule has 2 fully saturated rings. The minimum absolute atomic E-state index is 0.0633. The van der Waals surface area contributed by atoms with Crippen LogP contribution in [0.3, 0.4) is 0 Å². The zero-order valence-corrected chi connectivity index (χ0v) is 11.8. The van der Waals surface area contributed by atoms with Gasteiger partial charge in [0.15, 0.2) is 0 Å². The lowest BCUT2D eigenvalue weighted by Gasteiger charge is -2.47. The molecule has 2 aliphatic carbocycles. The molecule has 2 unspecified atom stereocenters. The standard InChI is InChI=1S/C15H29NO/c1-4-9-16(11-12-5-6-12)14-10-13(17)7-8-15(14,2)3/h12-14,17H,4-11H2,1-3H3. The average molecular weight is 239 g/mol. The third kappa shape index (κ3) is 3.45. The van der Waals surface area contributed by atoms with Crippen LogP contribution < -0.4 is 0 Å². The van der Waals surface area contributed by atoms with Crippen LogP contribution in [0.5, 0.6) is 0 Å². The fourth-order valence-corrected chi connectivity index (χ4v) is 3.34. The molecular weight excluding hydrogens is 210 g/mol. The van der Waals surface area contributed by atoms with E-state index >= 15 is 0 Å². The van der Waals surface area contributed by atoms with Crippen LogP contribution in [0.2, 0.25) is 0 Å². The first kappa shape index (κ1) is 13.4. The second-order valence-electron chi connectivity index (χ2n) is 6.87. The Labute approximate surface area is 106 Å². The molecule has 0 amide bonds. The van der Waals surface area contributed by atoms with Gasteiger partial charge in [-0.25, -0.2) is 0 Å². The molecule has 0 aromatic rings. The number of hydrogen-bond acceptors (Lipinski definition) is 2. The third-order valence-electron chi connectivity index (χ3n) is 4.66. The van der Waals surface area contributed by atoms with Gasteiger partial charge in [-0.1, -0.05) is 20.8 Å². The van der Waals surface area contributed by atoms with Crippen molar-refractivity contribution in [3.8, 4) is 0 Å². The molecular formula is C15H29NO. The van der Waals surface area contributed by atoms with E-state index in [0.29, 0.717) is 11.5 Å². The second-order valence-corrected chi connectivity index (χ2v) is 6.87. The summed E-state index contributed by atoms with van der Waals surface area (Å²) in [5.74, 6) is 0.955. The van der Waals surface area contributed by atoms with Crippen molar-refractivity contribution >= 4 is 0 Å². The summed E-state index contributed by atoms with van der Waals surface area (Å²) in [7, 11) is 0. The van der Waals surface area contributed by atoms with E-state index in [9.17, 15) is 5.11 Å². The van der Waals surface area contributed by atoms with E-state index in [0.717, 1.165) is 18.8 Å². The summed E-state index contributed by atoms with van der Waals surface area (Å²) in [6, 6.07) is 0.590. The highest BCUT2D eigenvalue weighted by atomic mass is 16.3. The number of rotatable bonds is 5. The predicted octanol–water partition coefficient (Wildman–Crippen LogP) is 3.05. The zero-order chi connectivity index (χ0) is 12.5. The fraction of sp³-hybridized carbons (Fsp3) is 1.00. The Hall–Kier alpha value is -0.0800. The Morgan fingerprint density at radius 1 is 1.24 bits per heavy atom. The third-order valence-corrected chi connectivity index (χ3v) is 4.66. The Balaban J connectivity index is 2.02. The van der Waals surface area contributed by atoms with Gasteiger partial charge in [-0.05, 0) is 56.4 Å². The van der Waals surface area contributed by atoms with Gasteiger partial charge in [0.25, 0.3) is 0 Å². The lowest BCUT2D eigenvalue weighted by Crippen LogP contribution is -2.51. The molecule has 0 spiro atoms. The van der Waals surface area contributed by atoms with Gasteiger partial charge in [0.1, 0.15) is 0 Å². The van der Waals surface area contributed by atoms with E-state index in [1.165, 1.54) is 38.8 Å². The molecule has 1 N–H and O–H groups in total. The Kier molecular flexibility index (Phi) is 4.14. The number of aliphatic hydroxyl groups is 1. The van der Waals surface area contributed by atoms with Crippen LogP contribution in [0.1, 0.15) is 59.3 Å². The van der Waals surface area contributed by atoms with Crippen molar-refractivity contribution < 1.29 is 5.11 Å². The van der Waals surface area contributed by atoms with Crippen LogP contribution in [0, 0.1) is 11.3 Å². The monoisotopic (exact) mass is 239 g/mol. The zero-order valence-electron chi connectivity index (χ0n) is 11.8. The summed E-state index contributed by atoms with van der Waals surface area (Å²) in [5, 5.41) is 9.95. The van der Waals surface area contributed by atoms with Gasteiger partial charge in [-0.15, -0.1) is 0 Å². The molecule has 0 radical (unpaired) electrons. The van der Waals surface area contributed by atoms with E-state index in [1.54, 1.807) is 0 Å². The van der Waals surface area contributed by atoms with Crippen LogP contribution in [0.25, 0.3) is 0 Å². The fourth-order valence-electron chi connectivity index (χ4n) is 3.34. The van der Waals surface area contributed by atoms with Crippen LogP contribution in [-0.4, -0.2) is 35.2 Å². The van der Waals surface area contributed by atoms with Gasteiger partial charge in [0, 0.05) is 12.6 Å². The first-order valence-electron chi connectivity index (χ1n) is 7.45. The second kappa shape index (κ2) is 5.27. The molecule has 2 heteroatoms. The van der Waals surface area contributed by atoms with Crippen molar-refractivity contribution in [1.82, 2.24) is 4.90 Å². The smallest absolute Gasteiger partial charge is 0.0555 e. The van der Waals surface area contributed by atoms with Gasteiger partial charge in [0.05, 0.1) is 6.10 Å². The molecule has 0 heterocycles. The molecule has 0 saturated heterocycles. The number of nitrogens with zero attached hydrogens (tertiary/aromatic N) is 1. The average Bonchev–Trinajstić information content (AvgIpc) is 3.05. The molecule has 2 atom stereocenters. The molecule has 2 rings (SSSR count). The summed E-state index contributed by atoms with van der Waals surface area (Å²) < 4.78 is 0. The summed E-state index contributed by atoms with van der Waals surface area (Å²) in [6.07, 6.45) is 7.17. The van der Waals surface area contributed by atoms with Gasteiger partial charge in [0.2, 0.25) is 0 Å². The van der Waals surface area contributed by atoms with Gasteiger partial charge in [-0.2, -0.15) is 0 Å². The molecule has 2 aliphatic rings. The molecule has 100 valence electrons. The largest absolute Gasteiger partial charge is 0.393 e. The summed E-state index contributed by atoms with van der Waals surface area (Å²) >= 11 is 0. The summed E-state index contributed by atoms with van der Waals surface area (Å²) in [5.41, 5.74) is 0.378. The van der Waals surface area contributed by atoms with Crippen molar-refractivity contribution in [3.63, 3.8) is 0 Å². The van der Waals surface area contributed by atoms with Crippen LogP contribution >= 0.6 is 0 Å². The molecule has 0 aliphatic heterocycles. The van der Waals surface area contributed by atoms with E-state index in [2.05, 4.69) is 25.7 Å². The van der Waals surface area contributed by atoms with Crippen molar-refractivity contribution in [3.05, 3.63) is 0 Å². The first-order valence-corrected chi connectivity index (χ1v) is 7.45. The molecule has 2 nitrogen and oxygen atoms in total. The Morgan fingerprint density at radius 2 is 1.94 bits per heavy atom. The normalized spacial score (nSPS) is 33.0. The Morgan fingerprint density at radius 3 is 2.53 bits per heavy atom. The van der Waals surface area contributed by atoms with Crippen molar-refractivity contribution in [2.75, 3.05) is 13.1 Å². The van der Waals surface area contributed by atoms with E-state index in [-0.39, 0.29) is 6.10 Å². The molecule has 2 saturated carbocycles. The minimum Gasteiger partial charge on any atom is -0.393 e. The highest BCUT2D eigenvalue weighted by molar-refractivity contribution is 4.94. The highest BCUT2D eigenvalue weighted by Gasteiger charge is 2.40. The highest BCUT2D eigenvalue weighted by Crippen LogP contribution is 2.40. The van der Waals surface area contributed by atoms with Gasteiger partial charge in [-0.3, -0.25) is 4.90 Å². The topological polar surface area (TPSA) is 23.5 Å². The first-order chi connectivity index (χ1) is 8.03. The maximum absolute atomic E-state index is 9.95. The number of hydrogen-bond donors (Lipinski definition) is 1. The Bertz CT molecular complexity index is 247. The molecule has 0 aromatic carbocycles. The summed E-state index contributed by atoms with van der Waals surface area (Å²) in [6.45, 7) is 9.52. The maximum Gasteiger partial charge on any atom is 0.0555 e. The van der Waals surface area contributed by atoms with Gasteiger partial charge >= 0.3 is 0 Å². The van der Waals surface area contributed by atoms with Crippen molar-refractivity contribution in [1.29, 1.82) is 0 Å². The van der Waals surface area contributed by atoms with Crippen molar-refractivity contribution in [2.45, 2.75) is 71.4 Å². The quantitative estimate of drug-likeness (QED) is 0.797. The number of aliphatic hydroxyl groups excluding tert-OH is 1. The van der Waals surface area contributed by atoms with Crippen LogP contribution in [0.4, 0.5) is 0 Å². The lowest BCUT2D eigenvalue weighted by atomic mass is 9.71. The van der Waals surface area contributed by atoms with Crippen molar-refractivity contribution in [2.24, 2.45) is 11.3 Å². The molecule has 0 aromatic heterocycles. The van der Waals surface area contributed by atoms with Crippen LogP contribution in [-0.2, 0) is 0 Å². The molecule has 0 bridgehead atoms. The minimum atomic E-state index is -0.0633. The van der Waals surface area contributed by atoms with E-state index in [1.807, 2.05) is 0 Å². The van der Waals surface area contributed by atoms with Crippen LogP contribution in [0.15, 0.2) is 0 Å². The van der Waals surface area contributed by atoms with E-state index in [4.69, 9.17) is 0 Å². The maximum atomic E-state index is 9.95. The summed E-state index contributed by atoms with van der Waals surface area (Å²) in [4.78, 5) is 2.68. The van der Waals surface area contributed by atoms with E-state index < -0.39 is 0 Å². The molecule has 17 heavy (non-hydrogen) atoms. The predicted molar refractivity (Wildman–Crippen MR) is 72.0 cm³/mol. The van der Waals surface area contributed by atoms with Gasteiger partial charge < -0.3 is 5.11 Å². The lowest BCUT2D eigenvalue weighted by molar-refractivity contribution is -0.0134. The SMILES string of the molecule is CCCN(CC1CC1)C1CC(O)CCC1(C)C.